The average molecular weight is 257 g/mol. The van der Waals surface area contributed by atoms with Crippen molar-refractivity contribution < 1.29 is 0 Å². The second kappa shape index (κ2) is 5.63. The van der Waals surface area contributed by atoms with Crippen LogP contribution in [-0.2, 0) is 6.42 Å². The normalized spacial score (nSPS) is 26.7. The summed E-state index contributed by atoms with van der Waals surface area (Å²) in [7, 11) is 2.14. The summed E-state index contributed by atoms with van der Waals surface area (Å²) in [4.78, 5) is 2.33. The molecule has 1 fully saturated rings. The minimum absolute atomic E-state index is 0.498. The van der Waals surface area contributed by atoms with Crippen molar-refractivity contribution in [3.63, 3.8) is 0 Å². The van der Waals surface area contributed by atoms with Gasteiger partial charge >= 0.3 is 0 Å². The van der Waals surface area contributed by atoms with Crippen LogP contribution in [0.1, 0.15) is 38.2 Å². The van der Waals surface area contributed by atoms with Gasteiger partial charge in [-0.05, 0) is 49.8 Å². The summed E-state index contributed by atoms with van der Waals surface area (Å²) in [5, 5.41) is 9.06. The van der Waals surface area contributed by atoms with Crippen LogP contribution in [0, 0.1) is 11.3 Å². The molecule has 0 saturated heterocycles. The molecule has 1 aliphatic carbocycles. The van der Waals surface area contributed by atoms with Crippen LogP contribution in [-0.4, -0.2) is 18.6 Å². The van der Waals surface area contributed by atoms with Gasteiger partial charge in [0.25, 0.3) is 0 Å². The van der Waals surface area contributed by atoms with Gasteiger partial charge in [-0.25, -0.2) is 0 Å². The lowest BCUT2D eigenvalue weighted by Gasteiger charge is -2.38. The summed E-state index contributed by atoms with van der Waals surface area (Å²) in [6.45, 7) is 2.17. The number of nitrogens with two attached hydrogens (primary N) is 1. The van der Waals surface area contributed by atoms with E-state index in [4.69, 9.17) is 11.0 Å². The monoisotopic (exact) mass is 257 g/mol. The SMILES string of the molecule is CCc1ccc(N(C)C2CCC(N)(C#N)CC2)cc1. The topological polar surface area (TPSA) is 53.0 Å². The van der Waals surface area contributed by atoms with E-state index in [2.05, 4.69) is 49.2 Å². The van der Waals surface area contributed by atoms with Gasteiger partial charge in [-0.15, -0.1) is 0 Å². The van der Waals surface area contributed by atoms with E-state index < -0.39 is 5.54 Å². The molecule has 0 radical (unpaired) electrons. The zero-order chi connectivity index (χ0) is 13.9. The van der Waals surface area contributed by atoms with Crippen molar-refractivity contribution in [3.05, 3.63) is 29.8 Å². The van der Waals surface area contributed by atoms with E-state index >= 15 is 0 Å². The molecule has 0 aromatic heterocycles. The Bertz CT molecular complexity index is 450. The fraction of sp³-hybridized carbons (Fsp3) is 0.562. The highest BCUT2D eigenvalue weighted by Crippen LogP contribution is 2.30. The van der Waals surface area contributed by atoms with Crippen molar-refractivity contribution in [2.45, 2.75) is 50.6 Å². The second-order valence-electron chi connectivity index (χ2n) is 5.63. The second-order valence-corrected chi connectivity index (χ2v) is 5.63. The predicted molar refractivity (Wildman–Crippen MR) is 79.0 cm³/mol. The van der Waals surface area contributed by atoms with E-state index in [1.807, 2.05) is 0 Å². The third kappa shape index (κ3) is 3.08. The molecule has 0 bridgehead atoms. The van der Waals surface area contributed by atoms with Crippen LogP contribution < -0.4 is 10.6 Å². The highest BCUT2D eigenvalue weighted by molar-refractivity contribution is 5.48. The smallest absolute Gasteiger partial charge is 0.104 e. The van der Waals surface area contributed by atoms with Gasteiger partial charge < -0.3 is 10.6 Å². The Morgan fingerprint density at radius 1 is 1.32 bits per heavy atom. The number of hydrogen-bond donors (Lipinski definition) is 1. The zero-order valence-electron chi connectivity index (χ0n) is 11.9. The Labute approximate surface area is 116 Å². The molecule has 0 spiro atoms. The number of rotatable bonds is 3. The fourth-order valence-corrected chi connectivity index (χ4v) is 2.79. The summed E-state index contributed by atoms with van der Waals surface area (Å²) in [6.07, 6.45) is 4.66. The summed E-state index contributed by atoms with van der Waals surface area (Å²) < 4.78 is 0. The summed E-state index contributed by atoms with van der Waals surface area (Å²) >= 11 is 0. The molecular weight excluding hydrogens is 234 g/mol. The van der Waals surface area contributed by atoms with E-state index in [0.717, 1.165) is 32.1 Å². The van der Waals surface area contributed by atoms with Crippen molar-refractivity contribution in [2.24, 2.45) is 5.73 Å². The van der Waals surface area contributed by atoms with Gasteiger partial charge in [-0.3, -0.25) is 0 Å². The van der Waals surface area contributed by atoms with Crippen LogP contribution in [0.25, 0.3) is 0 Å². The first-order chi connectivity index (χ1) is 9.08. The van der Waals surface area contributed by atoms with Gasteiger partial charge in [0.15, 0.2) is 0 Å². The molecule has 19 heavy (non-hydrogen) atoms. The van der Waals surface area contributed by atoms with E-state index in [-0.39, 0.29) is 0 Å². The van der Waals surface area contributed by atoms with Crippen molar-refractivity contribution in [1.82, 2.24) is 0 Å². The number of nitrogens with zero attached hydrogens (tertiary/aromatic N) is 2. The molecule has 0 aliphatic heterocycles. The van der Waals surface area contributed by atoms with Crippen LogP contribution >= 0.6 is 0 Å². The molecule has 2 rings (SSSR count). The number of nitriles is 1. The molecule has 0 unspecified atom stereocenters. The van der Waals surface area contributed by atoms with E-state index in [9.17, 15) is 0 Å². The Kier molecular flexibility index (Phi) is 4.11. The Balaban J connectivity index is 2.01. The summed E-state index contributed by atoms with van der Waals surface area (Å²) in [5.41, 5.74) is 8.04. The van der Waals surface area contributed by atoms with Crippen LogP contribution in [0.15, 0.2) is 24.3 Å². The van der Waals surface area contributed by atoms with Crippen molar-refractivity contribution >= 4 is 5.69 Å². The molecule has 0 amide bonds. The summed E-state index contributed by atoms with van der Waals surface area (Å²) in [5.74, 6) is 0. The third-order valence-corrected chi connectivity index (χ3v) is 4.37. The van der Waals surface area contributed by atoms with Crippen LogP contribution in [0.2, 0.25) is 0 Å². The minimum atomic E-state index is -0.594. The zero-order valence-corrected chi connectivity index (χ0v) is 11.9. The van der Waals surface area contributed by atoms with Crippen molar-refractivity contribution in [2.75, 3.05) is 11.9 Å². The van der Waals surface area contributed by atoms with Gasteiger partial charge in [0.1, 0.15) is 5.54 Å². The Hall–Kier alpha value is -1.53. The molecule has 2 N–H and O–H groups in total. The fourth-order valence-electron chi connectivity index (χ4n) is 2.79. The van der Waals surface area contributed by atoms with Crippen LogP contribution in [0.3, 0.4) is 0 Å². The highest BCUT2D eigenvalue weighted by atomic mass is 15.1. The minimum Gasteiger partial charge on any atom is -0.372 e. The van der Waals surface area contributed by atoms with Crippen molar-refractivity contribution in [1.29, 1.82) is 5.26 Å². The Morgan fingerprint density at radius 3 is 2.37 bits per heavy atom. The van der Waals surface area contributed by atoms with Crippen LogP contribution in [0.4, 0.5) is 5.69 Å². The molecule has 1 aromatic carbocycles. The quantitative estimate of drug-likeness (QED) is 0.906. The first kappa shape index (κ1) is 13.9. The molecule has 1 saturated carbocycles. The molecule has 1 aliphatic rings. The number of aryl methyl sites for hydroxylation is 1. The highest BCUT2D eigenvalue weighted by Gasteiger charge is 2.33. The van der Waals surface area contributed by atoms with Gasteiger partial charge in [-0.1, -0.05) is 19.1 Å². The lowest BCUT2D eigenvalue weighted by molar-refractivity contribution is 0.327. The lowest BCUT2D eigenvalue weighted by atomic mass is 9.80. The van der Waals surface area contributed by atoms with Gasteiger partial charge in [0, 0.05) is 18.8 Å². The molecule has 102 valence electrons. The first-order valence-electron chi connectivity index (χ1n) is 7.10. The molecule has 1 aromatic rings. The molecule has 0 heterocycles. The maximum atomic E-state index is 9.06. The maximum Gasteiger partial charge on any atom is 0.104 e. The third-order valence-electron chi connectivity index (χ3n) is 4.37. The average Bonchev–Trinajstić information content (AvgIpc) is 2.47. The van der Waals surface area contributed by atoms with Crippen LogP contribution in [0.5, 0.6) is 0 Å². The molecule has 0 atom stereocenters. The van der Waals surface area contributed by atoms with E-state index in [1.165, 1.54) is 11.3 Å². The number of hydrogen-bond acceptors (Lipinski definition) is 3. The largest absolute Gasteiger partial charge is 0.372 e. The van der Waals surface area contributed by atoms with Crippen molar-refractivity contribution in [3.8, 4) is 6.07 Å². The number of benzene rings is 1. The van der Waals surface area contributed by atoms with E-state index in [0.29, 0.717) is 6.04 Å². The first-order valence-corrected chi connectivity index (χ1v) is 7.10. The maximum absolute atomic E-state index is 9.06. The Morgan fingerprint density at radius 2 is 1.89 bits per heavy atom. The standard InChI is InChI=1S/C16H23N3/c1-3-13-4-6-14(7-5-13)19(2)15-8-10-16(18,12-17)11-9-15/h4-7,15H,3,8-11,18H2,1-2H3. The lowest BCUT2D eigenvalue weighted by Crippen LogP contribution is -2.46. The van der Waals surface area contributed by atoms with Gasteiger partial charge in [-0.2, -0.15) is 5.26 Å². The molecule has 3 heteroatoms. The number of anilines is 1. The summed E-state index contributed by atoms with van der Waals surface area (Å²) in [6, 6.07) is 11.5. The molecular formula is C16H23N3. The predicted octanol–water partition coefficient (Wildman–Crippen LogP) is 2.85. The molecule has 3 nitrogen and oxygen atoms in total. The van der Waals surface area contributed by atoms with E-state index in [1.54, 1.807) is 0 Å². The van der Waals surface area contributed by atoms with Gasteiger partial charge in [0.2, 0.25) is 0 Å². The van der Waals surface area contributed by atoms with Gasteiger partial charge in [0.05, 0.1) is 6.07 Å².